The number of rotatable bonds is 10. The van der Waals surface area contributed by atoms with Crippen molar-refractivity contribution in [3.63, 3.8) is 0 Å². The fraction of sp³-hybridized carbons (Fsp3) is 0.615. The van der Waals surface area contributed by atoms with E-state index in [2.05, 4.69) is 163 Å². The fourth-order valence-corrected chi connectivity index (χ4v) is 6.61. The molecule has 0 aliphatic heterocycles. The predicted molar refractivity (Wildman–Crippen MR) is 255 cm³/mol. The highest BCUT2D eigenvalue weighted by Gasteiger charge is 2.42. The Balaban J connectivity index is -0.000000217. The molecule has 0 saturated heterocycles. The van der Waals surface area contributed by atoms with Crippen LogP contribution in [0.4, 0.5) is 0 Å². The van der Waals surface area contributed by atoms with Crippen LogP contribution in [0.2, 0.25) is 0 Å². The van der Waals surface area contributed by atoms with Gasteiger partial charge in [0.1, 0.15) is 0 Å². The van der Waals surface area contributed by atoms with Gasteiger partial charge in [0.25, 0.3) is 0 Å². The second-order valence-electron chi connectivity index (χ2n) is 13.6. The fourth-order valence-electron chi connectivity index (χ4n) is 6.61. The number of halogens is 1. The summed E-state index contributed by atoms with van der Waals surface area (Å²) < 4.78 is 0. The summed E-state index contributed by atoms with van der Waals surface area (Å²) in [5.41, 5.74) is 8.93. The van der Waals surface area contributed by atoms with E-state index < -0.39 is 0 Å². The summed E-state index contributed by atoms with van der Waals surface area (Å²) in [7, 11) is 0. The third kappa shape index (κ3) is 22.0. The molecule has 0 nitrogen and oxygen atoms in total. The van der Waals surface area contributed by atoms with Gasteiger partial charge in [0, 0.05) is 16.7 Å². The summed E-state index contributed by atoms with van der Waals surface area (Å²) in [6.45, 7) is 48.9. The summed E-state index contributed by atoms with van der Waals surface area (Å²) in [6, 6.07) is 19.7. The molecule has 53 heavy (non-hydrogen) atoms. The normalized spacial score (nSPS) is 15.5. The molecule has 1 heteroatoms. The van der Waals surface area contributed by atoms with Gasteiger partial charge in [0.05, 0.1) is 0 Å². The van der Waals surface area contributed by atoms with E-state index in [1.54, 1.807) is 5.57 Å². The molecular weight excluding hydrogens is 660 g/mol. The molecule has 1 atom stereocenters. The van der Waals surface area contributed by atoms with E-state index in [0.29, 0.717) is 5.41 Å². The first kappa shape index (κ1) is 60.0. The molecular formula is C52H93Cl. The molecule has 1 unspecified atom stereocenters. The monoisotopic (exact) mass is 753 g/mol. The average molecular weight is 754 g/mol. The Morgan fingerprint density at radius 3 is 1.47 bits per heavy atom. The lowest BCUT2D eigenvalue weighted by atomic mass is 9.58. The molecule has 2 aromatic carbocycles. The van der Waals surface area contributed by atoms with Gasteiger partial charge in [-0.25, -0.2) is 0 Å². The van der Waals surface area contributed by atoms with Crippen molar-refractivity contribution in [3.8, 4) is 0 Å². The molecule has 0 spiro atoms. The molecule has 0 radical (unpaired) electrons. The van der Waals surface area contributed by atoms with Crippen molar-refractivity contribution in [2.45, 2.75) is 195 Å². The Morgan fingerprint density at radius 2 is 1.15 bits per heavy atom. The second kappa shape index (κ2) is 38.0. The maximum atomic E-state index is 5.00. The van der Waals surface area contributed by atoms with Crippen LogP contribution in [-0.4, -0.2) is 5.88 Å². The summed E-state index contributed by atoms with van der Waals surface area (Å²) in [5.74, 6) is 0.722. The third-order valence-electron chi connectivity index (χ3n) is 8.90. The molecule has 0 heterocycles. The van der Waals surface area contributed by atoms with Crippen LogP contribution in [0.1, 0.15) is 206 Å². The van der Waals surface area contributed by atoms with Gasteiger partial charge in [0.15, 0.2) is 0 Å². The van der Waals surface area contributed by atoms with E-state index in [0.717, 1.165) is 18.7 Å². The van der Waals surface area contributed by atoms with Gasteiger partial charge < -0.3 is 0 Å². The molecule has 0 aromatic heterocycles. The van der Waals surface area contributed by atoms with E-state index in [1.807, 2.05) is 54.5 Å². The number of alkyl halides is 1. The Kier molecular flexibility index (Phi) is 43.0. The minimum absolute atomic E-state index is 0.0920. The molecule has 0 amide bonds. The van der Waals surface area contributed by atoms with Crippen molar-refractivity contribution in [2.24, 2.45) is 10.8 Å². The van der Waals surface area contributed by atoms with Crippen LogP contribution in [0.15, 0.2) is 91.1 Å². The summed E-state index contributed by atoms with van der Waals surface area (Å²) in [4.78, 5) is 0. The van der Waals surface area contributed by atoms with E-state index in [9.17, 15) is 0 Å². The van der Waals surface area contributed by atoms with Gasteiger partial charge in [-0.2, -0.15) is 0 Å². The van der Waals surface area contributed by atoms with E-state index in [-0.39, 0.29) is 10.8 Å². The van der Waals surface area contributed by atoms with Crippen LogP contribution >= 0.6 is 11.6 Å². The maximum Gasteiger partial charge on any atom is 0.0195 e. The van der Waals surface area contributed by atoms with E-state index in [4.69, 9.17) is 11.6 Å². The van der Waals surface area contributed by atoms with Crippen LogP contribution < -0.4 is 0 Å². The van der Waals surface area contributed by atoms with Crippen LogP contribution in [0.5, 0.6) is 0 Å². The predicted octanol–water partition coefficient (Wildman–Crippen LogP) is 19.2. The number of hydrogen-bond donors (Lipinski definition) is 0. The quantitative estimate of drug-likeness (QED) is 0.167. The summed E-state index contributed by atoms with van der Waals surface area (Å²) in [5, 5.41) is 0. The van der Waals surface area contributed by atoms with Crippen molar-refractivity contribution in [1.82, 2.24) is 0 Å². The lowest BCUT2D eigenvalue weighted by molar-refractivity contribution is 0.310. The van der Waals surface area contributed by atoms with Crippen molar-refractivity contribution >= 4 is 23.3 Å². The molecule has 308 valence electrons. The molecule has 3 rings (SSSR count). The molecule has 0 saturated carbocycles. The molecule has 2 aromatic rings. The standard InChI is InChI=1S/C22H30.C16H24.2C3H8.C2H5Cl.3C2H6/c1-7-10-20-21(4,5)19(15-16-22(20,6)9-3)18-13-11-17(8-2)12-14-18;1-5-12-16(13-6-2,14(3)4)15-10-8-7-9-11-15;2*1-3-2;1-2-3;3*1-2/h8,10-15H,2,7,9,16H2,1,3-6H3;7-11H,3,5-6,12-13H2,1-2,4H3;2*3H2,1-2H3;2H2,1H3;3*1-2H3/b20-10-;;;;;;;. The maximum absolute atomic E-state index is 5.00. The van der Waals surface area contributed by atoms with Gasteiger partial charge in [0.2, 0.25) is 0 Å². The first-order valence-corrected chi connectivity index (χ1v) is 22.3. The highest BCUT2D eigenvalue weighted by atomic mass is 35.5. The van der Waals surface area contributed by atoms with Crippen LogP contribution in [0.25, 0.3) is 11.6 Å². The highest BCUT2D eigenvalue weighted by molar-refractivity contribution is 6.17. The molecule has 0 N–H and O–H groups in total. The Bertz CT molecular complexity index is 1130. The number of hydrogen-bond acceptors (Lipinski definition) is 0. The minimum Gasteiger partial charge on any atom is -0.127 e. The van der Waals surface area contributed by atoms with Crippen molar-refractivity contribution < 1.29 is 0 Å². The lowest BCUT2D eigenvalue weighted by Crippen LogP contribution is -2.33. The van der Waals surface area contributed by atoms with Crippen LogP contribution in [0, 0.1) is 10.8 Å². The van der Waals surface area contributed by atoms with Crippen molar-refractivity contribution in [3.05, 3.63) is 108 Å². The molecule has 1 aliphatic carbocycles. The Hall–Kier alpha value is -2.31. The van der Waals surface area contributed by atoms with Crippen LogP contribution in [0.3, 0.4) is 0 Å². The lowest BCUT2D eigenvalue weighted by Gasteiger charge is -2.46. The molecule has 1 aliphatic rings. The van der Waals surface area contributed by atoms with Crippen LogP contribution in [-0.2, 0) is 5.41 Å². The zero-order valence-corrected chi connectivity index (χ0v) is 40.0. The second-order valence-corrected chi connectivity index (χ2v) is 14.2. The van der Waals surface area contributed by atoms with Gasteiger partial charge in [-0.3, -0.25) is 0 Å². The van der Waals surface area contributed by atoms with Gasteiger partial charge >= 0.3 is 0 Å². The largest absolute Gasteiger partial charge is 0.127 e. The van der Waals surface area contributed by atoms with Crippen molar-refractivity contribution in [2.75, 3.05) is 5.88 Å². The summed E-state index contributed by atoms with van der Waals surface area (Å²) in [6.07, 6.45) is 17.6. The first-order valence-electron chi connectivity index (χ1n) is 21.7. The smallest absolute Gasteiger partial charge is 0.0195 e. The first-order chi connectivity index (χ1) is 25.3. The van der Waals surface area contributed by atoms with E-state index in [1.165, 1.54) is 72.8 Å². The molecule has 0 bridgehead atoms. The molecule has 0 fully saturated rings. The minimum atomic E-state index is 0.0920. The topological polar surface area (TPSA) is 0 Å². The van der Waals surface area contributed by atoms with E-state index >= 15 is 0 Å². The highest BCUT2D eigenvalue weighted by Crippen LogP contribution is 2.55. The zero-order valence-electron chi connectivity index (χ0n) is 39.3. The third-order valence-corrected chi connectivity index (χ3v) is 8.90. The van der Waals surface area contributed by atoms with Crippen molar-refractivity contribution in [1.29, 1.82) is 0 Å². The Labute approximate surface area is 341 Å². The number of allylic oxidation sites excluding steroid dienone is 5. The van der Waals surface area contributed by atoms with Gasteiger partial charge in [-0.1, -0.05) is 247 Å². The zero-order chi connectivity index (χ0) is 42.5. The SMILES string of the molecule is C=C(C)C(CCC)(CCC)c1ccccc1.C=Cc1ccc(C2=CCC(C)(CC)/C(=C\CC)C2(C)C)cc1.CC.CC.CC.CCC.CCC.CCCl. The average Bonchev–Trinajstić information content (AvgIpc) is 3.17. The number of benzene rings is 2. The summed E-state index contributed by atoms with van der Waals surface area (Å²) >= 11 is 5.00. The van der Waals surface area contributed by atoms with Gasteiger partial charge in [-0.15, -0.1) is 11.6 Å². The van der Waals surface area contributed by atoms with Gasteiger partial charge in [-0.05, 0) is 66.7 Å². The Morgan fingerprint density at radius 1 is 0.736 bits per heavy atom.